The molecule has 0 radical (unpaired) electrons. The van der Waals surface area contributed by atoms with Gasteiger partial charge in [0.15, 0.2) is 0 Å². The maximum atomic E-state index is 9.32. The van der Waals surface area contributed by atoms with E-state index in [0.717, 1.165) is 51.4 Å². The lowest BCUT2D eigenvalue weighted by atomic mass is 9.87. The molecule has 0 unspecified atom stereocenters. The second kappa shape index (κ2) is 13.1. The number of hydrogen-bond donors (Lipinski definition) is 2. The fourth-order valence-electron chi connectivity index (χ4n) is 2.65. The van der Waals surface area contributed by atoms with E-state index in [0.29, 0.717) is 13.4 Å². The Morgan fingerprint density at radius 3 is 1.62 bits per heavy atom. The summed E-state index contributed by atoms with van der Waals surface area (Å²) in [7, 11) is 0. The third kappa shape index (κ3) is 13.2. The standard InChI is InChI=1S/C20H42O4/c1-6-23-17-24-18(11-7-9-13-19(2,3)15-21)12-8-10-14-20(4,5)16-22/h18,21-22H,6-17H2,1-5H3. The minimum atomic E-state index is 0.0253. The summed E-state index contributed by atoms with van der Waals surface area (Å²) >= 11 is 0. The molecule has 0 saturated heterocycles. The van der Waals surface area contributed by atoms with Crippen LogP contribution in [0.2, 0.25) is 0 Å². The summed E-state index contributed by atoms with van der Waals surface area (Å²) in [5, 5.41) is 18.6. The SMILES string of the molecule is CCOCOC(CCCCC(C)(C)CO)CCCCC(C)(C)CO. The molecule has 0 aliphatic carbocycles. The van der Waals surface area contributed by atoms with E-state index >= 15 is 0 Å². The predicted molar refractivity (Wildman–Crippen MR) is 100 cm³/mol. The second-order valence-electron chi connectivity index (χ2n) is 8.54. The van der Waals surface area contributed by atoms with Gasteiger partial charge in [-0.05, 0) is 43.4 Å². The number of aliphatic hydroxyl groups excluding tert-OH is 2. The first-order valence-corrected chi connectivity index (χ1v) is 9.67. The molecule has 0 saturated carbocycles. The van der Waals surface area contributed by atoms with Crippen LogP contribution in [0.1, 0.15) is 86.0 Å². The molecule has 0 spiro atoms. The van der Waals surface area contributed by atoms with Crippen LogP contribution in [0.3, 0.4) is 0 Å². The summed E-state index contributed by atoms with van der Waals surface area (Å²) in [5.74, 6) is 0. The summed E-state index contributed by atoms with van der Waals surface area (Å²) in [6.45, 7) is 12.0. The number of rotatable bonds is 16. The molecule has 2 N–H and O–H groups in total. The number of unbranched alkanes of at least 4 members (excludes halogenated alkanes) is 2. The highest BCUT2D eigenvalue weighted by molar-refractivity contribution is 4.69. The molecule has 0 aromatic rings. The number of hydrogen-bond acceptors (Lipinski definition) is 4. The van der Waals surface area contributed by atoms with Crippen molar-refractivity contribution in [3.8, 4) is 0 Å². The highest BCUT2D eigenvalue weighted by atomic mass is 16.7. The van der Waals surface area contributed by atoms with E-state index in [1.807, 2.05) is 6.92 Å². The van der Waals surface area contributed by atoms with Crippen molar-refractivity contribution in [1.82, 2.24) is 0 Å². The lowest BCUT2D eigenvalue weighted by Gasteiger charge is -2.23. The lowest BCUT2D eigenvalue weighted by molar-refractivity contribution is -0.0916. The van der Waals surface area contributed by atoms with E-state index < -0.39 is 0 Å². The largest absolute Gasteiger partial charge is 0.396 e. The van der Waals surface area contributed by atoms with Crippen molar-refractivity contribution in [1.29, 1.82) is 0 Å². The molecule has 0 aromatic heterocycles. The average Bonchev–Trinajstić information content (AvgIpc) is 2.55. The predicted octanol–water partition coefficient (Wildman–Crippen LogP) is 4.52. The molecular formula is C20H42O4. The molecule has 146 valence electrons. The number of aliphatic hydroxyl groups is 2. The normalized spacial score (nSPS) is 13.0. The smallest absolute Gasteiger partial charge is 0.147 e. The summed E-state index contributed by atoms with van der Waals surface area (Å²) in [6.07, 6.45) is 8.96. The lowest BCUT2D eigenvalue weighted by Crippen LogP contribution is -2.19. The molecule has 4 heteroatoms. The van der Waals surface area contributed by atoms with Gasteiger partial charge in [0, 0.05) is 19.8 Å². The quantitative estimate of drug-likeness (QED) is 0.318. The summed E-state index contributed by atoms with van der Waals surface area (Å²) in [4.78, 5) is 0. The van der Waals surface area contributed by atoms with Crippen LogP contribution in [0, 0.1) is 10.8 Å². The van der Waals surface area contributed by atoms with E-state index in [2.05, 4.69) is 27.7 Å². The van der Waals surface area contributed by atoms with Gasteiger partial charge < -0.3 is 19.7 Å². The molecule has 0 bridgehead atoms. The Morgan fingerprint density at radius 2 is 1.25 bits per heavy atom. The summed E-state index contributed by atoms with van der Waals surface area (Å²) < 4.78 is 11.2. The second-order valence-corrected chi connectivity index (χ2v) is 8.54. The van der Waals surface area contributed by atoms with Crippen LogP contribution in [-0.4, -0.2) is 42.9 Å². The van der Waals surface area contributed by atoms with Crippen molar-refractivity contribution >= 4 is 0 Å². The first kappa shape index (κ1) is 23.8. The summed E-state index contributed by atoms with van der Waals surface area (Å²) in [6, 6.07) is 0. The Balaban J connectivity index is 4.04. The van der Waals surface area contributed by atoms with Gasteiger partial charge in [-0.25, -0.2) is 0 Å². The van der Waals surface area contributed by atoms with E-state index in [4.69, 9.17) is 9.47 Å². The van der Waals surface area contributed by atoms with Crippen LogP contribution in [0.15, 0.2) is 0 Å². The highest BCUT2D eigenvalue weighted by Crippen LogP contribution is 2.25. The van der Waals surface area contributed by atoms with Gasteiger partial charge in [0.05, 0.1) is 6.10 Å². The van der Waals surface area contributed by atoms with E-state index in [1.54, 1.807) is 0 Å². The van der Waals surface area contributed by atoms with Crippen molar-refractivity contribution < 1.29 is 19.7 Å². The Labute approximate surface area is 149 Å². The van der Waals surface area contributed by atoms with Crippen LogP contribution in [0.4, 0.5) is 0 Å². The van der Waals surface area contributed by atoms with Crippen molar-refractivity contribution in [3.63, 3.8) is 0 Å². The van der Waals surface area contributed by atoms with Gasteiger partial charge in [0.2, 0.25) is 0 Å². The first-order chi connectivity index (χ1) is 11.3. The van der Waals surface area contributed by atoms with Gasteiger partial charge in [-0.3, -0.25) is 0 Å². The van der Waals surface area contributed by atoms with Crippen LogP contribution in [0.25, 0.3) is 0 Å². The van der Waals surface area contributed by atoms with Gasteiger partial charge >= 0.3 is 0 Å². The molecule has 0 amide bonds. The molecule has 0 aromatic carbocycles. The maximum Gasteiger partial charge on any atom is 0.147 e. The van der Waals surface area contributed by atoms with E-state index in [9.17, 15) is 10.2 Å². The zero-order valence-corrected chi connectivity index (χ0v) is 16.8. The van der Waals surface area contributed by atoms with Crippen molar-refractivity contribution in [3.05, 3.63) is 0 Å². The summed E-state index contributed by atoms with van der Waals surface area (Å²) in [5.41, 5.74) is 0.0507. The van der Waals surface area contributed by atoms with Crippen LogP contribution in [0.5, 0.6) is 0 Å². The zero-order chi connectivity index (χ0) is 18.5. The third-order valence-corrected chi connectivity index (χ3v) is 4.71. The maximum absolute atomic E-state index is 9.32. The van der Waals surface area contributed by atoms with Gasteiger partial charge in [-0.1, -0.05) is 53.4 Å². The minimum Gasteiger partial charge on any atom is -0.396 e. The average molecular weight is 347 g/mol. The molecule has 24 heavy (non-hydrogen) atoms. The van der Waals surface area contributed by atoms with E-state index in [1.165, 1.54) is 0 Å². The van der Waals surface area contributed by atoms with Crippen molar-refractivity contribution in [2.45, 2.75) is 92.1 Å². The van der Waals surface area contributed by atoms with Gasteiger partial charge in [0.1, 0.15) is 6.79 Å². The minimum absolute atomic E-state index is 0.0253. The fraction of sp³-hybridized carbons (Fsp3) is 1.00. The van der Waals surface area contributed by atoms with E-state index in [-0.39, 0.29) is 30.1 Å². The highest BCUT2D eigenvalue weighted by Gasteiger charge is 2.18. The van der Waals surface area contributed by atoms with Gasteiger partial charge in [0.25, 0.3) is 0 Å². The molecule has 0 fully saturated rings. The van der Waals surface area contributed by atoms with Crippen LogP contribution in [-0.2, 0) is 9.47 Å². The first-order valence-electron chi connectivity index (χ1n) is 9.67. The molecule has 0 atom stereocenters. The topological polar surface area (TPSA) is 58.9 Å². The molecule has 0 aliphatic heterocycles. The molecular weight excluding hydrogens is 304 g/mol. The molecule has 4 nitrogen and oxygen atoms in total. The molecule has 0 rings (SSSR count). The monoisotopic (exact) mass is 346 g/mol. The third-order valence-electron chi connectivity index (χ3n) is 4.71. The fourth-order valence-corrected chi connectivity index (χ4v) is 2.65. The van der Waals surface area contributed by atoms with Crippen LogP contribution >= 0.6 is 0 Å². The molecule has 0 heterocycles. The van der Waals surface area contributed by atoms with Gasteiger partial charge in [-0.15, -0.1) is 0 Å². The Bertz CT molecular complexity index is 265. The van der Waals surface area contributed by atoms with Crippen molar-refractivity contribution in [2.75, 3.05) is 26.6 Å². The Morgan fingerprint density at radius 1 is 0.792 bits per heavy atom. The number of ether oxygens (including phenoxy) is 2. The van der Waals surface area contributed by atoms with Crippen LogP contribution < -0.4 is 0 Å². The molecule has 0 aliphatic rings. The Hall–Kier alpha value is -0.160. The van der Waals surface area contributed by atoms with Crippen molar-refractivity contribution in [2.24, 2.45) is 10.8 Å². The van der Waals surface area contributed by atoms with Gasteiger partial charge in [-0.2, -0.15) is 0 Å². The zero-order valence-electron chi connectivity index (χ0n) is 16.8. The Kier molecular flexibility index (Phi) is 13.0.